The minimum atomic E-state index is -0.513. The molecule has 2 atom stereocenters. The van der Waals surface area contributed by atoms with Gasteiger partial charge < -0.3 is 16.6 Å². The Balaban J connectivity index is 2.10. The molecule has 0 amide bonds. The van der Waals surface area contributed by atoms with Gasteiger partial charge in [0.2, 0.25) is 0 Å². The molecule has 0 spiro atoms. The first-order chi connectivity index (χ1) is 12.0. The van der Waals surface area contributed by atoms with Gasteiger partial charge in [0.25, 0.3) is 0 Å². The van der Waals surface area contributed by atoms with E-state index in [4.69, 9.17) is 11.5 Å². The second kappa shape index (κ2) is 7.03. The number of rotatable bonds is 2. The van der Waals surface area contributed by atoms with Crippen molar-refractivity contribution in [3.8, 4) is 23.2 Å². The Kier molecular flexibility index (Phi) is 4.81. The molecular formula is C18H20FN5O. The van der Waals surface area contributed by atoms with E-state index in [1.54, 1.807) is 0 Å². The average molecular weight is 341 g/mol. The van der Waals surface area contributed by atoms with Gasteiger partial charge in [-0.1, -0.05) is 6.42 Å². The fraction of sp³-hybridized carbons (Fsp3) is 0.389. The molecule has 1 saturated carbocycles. The summed E-state index contributed by atoms with van der Waals surface area (Å²) in [5, 5.41) is 19.5. The van der Waals surface area contributed by atoms with Gasteiger partial charge in [-0.25, -0.2) is 14.4 Å². The van der Waals surface area contributed by atoms with Crippen molar-refractivity contribution in [1.82, 2.24) is 9.97 Å². The van der Waals surface area contributed by atoms with E-state index in [2.05, 4.69) is 16.0 Å². The van der Waals surface area contributed by atoms with Crippen LogP contribution in [0.4, 0.5) is 10.2 Å². The topological polar surface area (TPSA) is 122 Å². The molecule has 130 valence electrons. The molecule has 5 N–H and O–H groups in total. The number of phenolic OH excluding ortho intramolecular Hbond substituents is 1. The molecule has 0 aliphatic heterocycles. The Bertz CT molecular complexity index is 833. The molecule has 1 heterocycles. The summed E-state index contributed by atoms with van der Waals surface area (Å²) in [5.74, 6) is -0.444. The number of anilines is 1. The van der Waals surface area contributed by atoms with Crippen molar-refractivity contribution in [3.05, 3.63) is 35.3 Å². The van der Waals surface area contributed by atoms with Gasteiger partial charge in [0.15, 0.2) is 5.82 Å². The van der Waals surface area contributed by atoms with E-state index in [0.717, 1.165) is 44.2 Å². The molecule has 1 aliphatic rings. The number of nitriles is 1. The van der Waals surface area contributed by atoms with Crippen LogP contribution in [0.5, 0.6) is 5.75 Å². The van der Waals surface area contributed by atoms with Crippen molar-refractivity contribution in [1.29, 1.82) is 5.26 Å². The minimum Gasteiger partial charge on any atom is -0.507 e. The molecule has 2 aromatic rings. The highest BCUT2D eigenvalue weighted by atomic mass is 19.1. The molecular weight excluding hydrogens is 321 g/mol. The lowest BCUT2D eigenvalue weighted by Gasteiger charge is -2.17. The molecule has 1 aromatic heterocycles. The molecule has 0 radical (unpaired) electrons. The summed E-state index contributed by atoms with van der Waals surface area (Å²) in [6.07, 6.45) is 4.39. The van der Waals surface area contributed by atoms with Crippen molar-refractivity contribution >= 4 is 5.82 Å². The summed E-state index contributed by atoms with van der Waals surface area (Å²) in [6.45, 7) is 0. The molecule has 1 aliphatic carbocycles. The minimum absolute atomic E-state index is 0.0414. The maximum absolute atomic E-state index is 13.6. The number of aromatic hydroxyl groups is 1. The average Bonchev–Trinajstić information content (AvgIpc) is 2.81. The van der Waals surface area contributed by atoms with Gasteiger partial charge in [0.05, 0.1) is 11.3 Å². The fourth-order valence-corrected chi connectivity index (χ4v) is 3.32. The summed E-state index contributed by atoms with van der Waals surface area (Å²) in [5.41, 5.74) is 13.0. The molecule has 25 heavy (non-hydrogen) atoms. The zero-order valence-electron chi connectivity index (χ0n) is 13.7. The molecule has 2 unspecified atom stereocenters. The quantitative estimate of drug-likeness (QED) is 0.722. The zero-order chi connectivity index (χ0) is 18.0. The van der Waals surface area contributed by atoms with Crippen LogP contribution >= 0.6 is 0 Å². The van der Waals surface area contributed by atoms with E-state index in [1.165, 1.54) is 6.07 Å². The van der Waals surface area contributed by atoms with E-state index in [0.29, 0.717) is 5.69 Å². The summed E-state index contributed by atoms with van der Waals surface area (Å²) in [7, 11) is 0. The first kappa shape index (κ1) is 17.1. The number of halogens is 1. The Morgan fingerprint density at radius 2 is 2.00 bits per heavy atom. The van der Waals surface area contributed by atoms with Crippen LogP contribution in [0.3, 0.4) is 0 Å². The fourth-order valence-electron chi connectivity index (χ4n) is 3.32. The van der Waals surface area contributed by atoms with E-state index in [1.807, 2.05) is 0 Å². The van der Waals surface area contributed by atoms with Crippen LogP contribution in [0.15, 0.2) is 18.2 Å². The van der Waals surface area contributed by atoms with Gasteiger partial charge in [-0.3, -0.25) is 0 Å². The second-order valence-corrected chi connectivity index (χ2v) is 6.43. The van der Waals surface area contributed by atoms with Crippen molar-refractivity contribution in [2.45, 2.75) is 44.1 Å². The standard InChI is InChI=1S/C18H20FN5O/c19-11-5-7-15(25)13(8-11)18-23-16(14(9-20)17(22)24-18)10-2-1-3-12(21)6-4-10/h5,7-8,10,12,25H,1-4,6,21H2,(H2,22,23,24). The van der Waals surface area contributed by atoms with Gasteiger partial charge in [-0.05, 0) is 43.9 Å². The molecule has 0 bridgehead atoms. The van der Waals surface area contributed by atoms with Gasteiger partial charge in [0, 0.05) is 12.0 Å². The molecule has 1 fully saturated rings. The van der Waals surface area contributed by atoms with E-state index in [-0.39, 0.29) is 40.5 Å². The van der Waals surface area contributed by atoms with Crippen LogP contribution in [-0.2, 0) is 0 Å². The highest BCUT2D eigenvalue weighted by Crippen LogP contribution is 2.36. The van der Waals surface area contributed by atoms with Gasteiger partial charge in [-0.15, -0.1) is 0 Å². The lowest BCUT2D eigenvalue weighted by atomic mass is 9.93. The number of aromatic nitrogens is 2. The van der Waals surface area contributed by atoms with Crippen molar-refractivity contribution in [3.63, 3.8) is 0 Å². The summed E-state index contributed by atoms with van der Waals surface area (Å²) >= 11 is 0. The lowest BCUT2D eigenvalue weighted by Crippen LogP contribution is -2.18. The highest BCUT2D eigenvalue weighted by molar-refractivity contribution is 5.67. The van der Waals surface area contributed by atoms with Crippen LogP contribution in [0.2, 0.25) is 0 Å². The van der Waals surface area contributed by atoms with Crippen LogP contribution in [-0.4, -0.2) is 21.1 Å². The Labute approximate surface area is 145 Å². The van der Waals surface area contributed by atoms with Crippen LogP contribution < -0.4 is 11.5 Å². The maximum atomic E-state index is 13.6. The Hall–Kier alpha value is -2.72. The lowest BCUT2D eigenvalue weighted by molar-refractivity contribution is 0.474. The zero-order valence-corrected chi connectivity index (χ0v) is 13.7. The number of nitrogens with two attached hydrogens (primary N) is 2. The maximum Gasteiger partial charge on any atom is 0.165 e. The van der Waals surface area contributed by atoms with E-state index >= 15 is 0 Å². The molecule has 7 heteroatoms. The Morgan fingerprint density at radius 1 is 1.20 bits per heavy atom. The summed E-state index contributed by atoms with van der Waals surface area (Å²) in [6, 6.07) is 5.78. The number of nitrogens with zero attached hydrogens (tertiary/aromatic N) is 3. The third kappa shape index (κ3) is 3.54. The largest absolute Gasteiger partial charge is 0.507 e. The van der Waals surface area contributed by atoms with Gasteiger partial charge >= 0.3 is 0 Å². The molecule has 0 saturated heterocycles. The third-order valence-corrected chi connectivity index (χ3v) is 4.68. The van der Waals surface area contributed by atoms with E-state index < -0.39 is 5.82 Å². The van der Waals surface area contributed by atoms with E-state index in [9.17, 15) is 14.8 Å². The second-order valence-electron chi connectivity index (χ2n) is 6.43. The number of benzene rings is 1. The normalized spacial score (nSPS) is 20.7. The summed E-state index contributed by atoms with van der Waals surface area (Å²) in [4.78, 5) is 8.59. The number of hydrogen-bond acceptors (Lipinski definition) is 6. The van der Waals surface area contributed by atoms with Crippen LogP contribution in [0.25, 0.3) is 11.4 Å². The number of phenols is 1. The van der Waals surface area contributed by atoms with Crippen molar-refractivity contribution in [2.75, 3.05) is 5.73 Å². The smallest absolute Gasteiger partial charge is 0.165 e. The number of nitrogen functional groups attached to an aromatic ring is 1. The first-order valence-electron chi connectivity index (χ1n) is 8.31. The van der Waals surface area contributed by atoms with Gasteiger partial charge in [-0.2, -0.15) is 5.26 Å². The monoisotopic (exact) mass is 341 g/mol. The predicted molar refractivity (Wildman–Crippen MR) is 92.0 cm³/mol. The predicted octanol–water partition coefficient (Wildman–Crippen LogP) is 2.82. The highest BCUT2D eigenvalue weighted by Gasteiger charge is 2.25. The first-order valence-corrected chi connectivity index (χ1v) is 8.31. The van der Waals surface area contributed by atoms with Crippen LogP contribution in [0.1, 0.15) is 49.3 Å². The molecule has 1 aromatic carbocycles. The third-order valence-electron chi connectivity index (χ3n) is 4.68. The van der Waals surface area contributed by atoms with Crippen LogP contribution in [0, 0.1) is 17.1 Å². The molecule has 6 nitrogen and oxygen atoms in total. The Morgan fingerprint density at radius 3 is 2.76 bits per heavy atom. The van der Waals surface area contributed by atoms with Gasteiger partial charge in [0.1, 0.15) is 29.0 Å². The van der Waals surface area contributed by atoms with Crippen molar-refractivity contribution < 1.29 is 9.50 Å². The summed E-state index contributed by atoms with van der Waals surface area (Å²) < 4.78 is 13.6. The molecule has 3 rings (SSSR count). The number of hydrogen-bond donors (Lipinski definition) is 3. The van der Waals surface area contributed by atoms with Crippen molar-refractivity contribution in [2.24, 2.45) is 5.73 Å². The SMILES string of the molecule is N#Cc1c(N)nc(-c2cc(F)ccc2O)nc1C1CCCC(N)CC1.